The Hall–Kier alpha value is -2.70. The van der Waals surface area contributed by atoms with Gasteiger partial charge in [0, 0.05) is 13.6 Å². The monoisotopic (exact) mass is 400 g/mol. The molecule has 0 N–H and O–H groups in total. The maximum Gasteiger partial charge on any atom is 0.329 e. The Bertz CT molecular complexity index is 770. The number of esters is 1. The van der Waals surface area contributed by atoms with E-state index in [4.69, 9.17) is 4.74 Å². The van der Waals surface area contributed by atoms with E-state index in [-0.39, 0.29) is 29.6 Å². The first-order chi connectivity index (χ1) is 13.8. The van der Waals surface area contributed by atoms with Crippen LogP contribution >= 0.6 is 0 Å². The standard InChI is InChI=1S/C22H28N2O5/c1-14(24-20(26)17-11-7-8-12-18(17)21(24)27)22(28)29-15(2)19(25)23(3)13-16-9-5-4-6-10-16/h4-6,9-10,14-15,17-18H,7-8,11-13H2,1-3H3/t14-,15-,17-,18+/m0/s1. The van der Waals surface area contributed by atoms with Gasteiger partial charge in [-0.3, -0.25) is 19.3 Å². The SMILES string of the molecule is C[C@H](OC(=O)[C@H](C)N1C(=O)[C@H]2CCCC[C@H]2C1=O)C(=O)N(C)Cc1ccccc1. The van der Waals surface area contributed by atoms with Gasteiger partial charge >= 0.3 is 5.97 Å². The molecule has 1 aliphatic carbocycles. The molecule has 7 heteroatoms. The molecule has 4 atom stereocenters. The Labute approximate surface area is 171 Å². The van der Waals surface area contributed by atoms with Gasteiger partial charge in [0.25, 0.3) is 5.91 Å². The van der Waals surface area contributed by atoms with Crippen LogP contribution in [0.15, 0.2) is 30.3 Å². The average molecular weight is 400 g/mol. The summed E-state index contributed by atoms with van der Waals surface area (Å²) in [5.41, 5.74) is 0.964. The van der Waals surface area contributed by atoms with Crippen LogP contribution in [-0.4, -0.2) is 52.7 Å². The van der Waals surface area contributed by atoms with Crippen molar-refractivity contribution >= 4 is 23.7 Å². The van der Waals surface area contributed by atoms with Crippen molar-refractivity contribution in [2.24, 2.45) is 11.8 Å². The van der Waals surface area contributed by atoms with E-state index in [2.05, 4.69) is 0 Å². The Morgan fingerprint density at radius 3 is 2.17 bits per heavy atom. The van der Waals surface area contributed by atoms with Crippen LogP contribution in [0.1, 0.15) is 45.1 Å². The molecular formula is C22H28N2O5. The molecule has 2 aliphatic rings. The molecule has 3 rings (SSSR count). The summed E-state index contributed by atoms with van der Waals surface area (Å²) in [7, 11) is 1.64. The molecule has 0 spiro atoms. The quantitative estimate of drug-likeness (QED) is 0.540. The van der Waals surface area contributed by atoms with Crippen LogP contribution in [0.5, 0.6) is 0 Å². The first-order valence-electron chi connectivity index (χ1n) is 10.2. The van der Waals surface area contributed by atoms with Gasteiger partial charge in [-0.1, -0.05) is 43.2 Å². The summed E-state index contributed by atoms with van der Waals surface area (Å²) < 4.78 is 5.32. The van der Waals surface area contributed by atoms with Gasteiger partial charge in [-0.15, -0.1) is 0 Å². The number of hydrogen-bond donors (Lipinski definition) is 0. The Morgan fingerprint density at radius 1 is 1.07 bits per heavy atom. The lowest BCUT2D eigenvalue weighted by atomic mass is 9.81. The van der Waals surface area contributed by atoms with Crippen molar-refractivity contribution in [3.8, 4) is 0 Å². The molecule has 1 aromatic carbocycles. The Balaban J connectivity index is 1.59. The molecule has 7 nitrogen and oxygen atoms in total. The molecule has 1 saturated carbocycles. The van der Waals surface area contributed by atoms with Crippen molar-refractivity contribution in [1.82, 2.24) is 9.80 Å². The number of likely N-dealkylation sites (tertiary alicyclic amines) is 1. The number of carbonyl (C=O) groups is 4. The van der Waals surface area contributed by atoms with Crippen molar-refractivity contribution in [3.05, 3.63) is 35.9 Å². The number of nitrogens with zero attached hydrogens (tertiary/aromatic N) is 2. The fourth-order valence-electron chi connectivity index (χ4n) is 4.24. The molecule has 156 valence electrons. The lowest BCUT2D eigenvalue weighted by Crippen LogP contribution is -2.46. The number of fused-ring (bicyclic) bond motifs is 1. The molecule has 2 fully saturated rings. The van der Waals surface area contributed by atoms with Gasteiger partial charge in [0.05, 0.1) is 11.8 Å². The second-order valence-electron chi connectivity index (χ2n) is 7.98. The lowest BCUT2D eigenvalue weighted by Gasteiger charge is -2.25. The fourth-order valence-corrected chi connectivity index (χ4v) is 4.24. The van der Waals surface area contributed by atoms with Crippen LogP contribution in [0.3, 0.4) is 0 Å². The highest BCUT2D eigenvalue weighted by atomic mass is 16.5. The summed E-state index contributed by atoms with van der Waals surface area (Å²) in [6.07, 6.45) is 2.21. The maximum absolute atomic E-state index is 12.6. The minimum atomic E-state index is -1.03. The largest absolute Gasteiger partial charge is 0.451 e. The van der Waals surface area contributed by atoms with Gasteiger partial charge in [-0.05, 0) is 32.3 Å². The summed E-state index contributed by atoms with van der Waals surface area (Å²) in [6, 6.07) is 8.46. The number of amides is 3. The molecule has 1 saturated heterocycles. The molecule has 3 amide bonds. The van der Waals surface area contributed by atoms with E-state index in [1.165, 1.54) is 18.7 Å². The number of imide groups is 1. The van der Waals surface area contributed by atoms with Crippen LogP contribution in [0.2, 0.25) is 0 Å². The zero-order valence-corrected chi connectivity index (χ0v) is 17.2. The average Bonchev–Trinajstić information content (AvgIpc) is 2.98. The summed E-state index contributed by atoms with van der Waals surface area (Å²) in [4.78, 5) is 53.0. The normalized spacial score (nSPS) is 23.3. The lowest BCUT2D eigenvalue weighted by molar-refractivity contribution is -0.166. The number of carbonyl (C=O) groups excluding carboxylic acids is 4. The summed E-state index contributed by atoms with van der Waals surface area (Å²) >= 11 is 0. The van der Waals surface area contributed by atoms with Gasteiger partial charge < -0.3 is 9.64 Å². The minimum Gasteiger partial charge on any atom is -0.451 e. The third-order valence-corrected chi connectivity index (χ3v) is 5.88. The molecule has 1 aromatic rings. The van der Waals surface area contributed by atoms with Crippen LogP contribution in [0, 0.1) is 11.8 Å². The molecule has 0 radical (unpaired) electrons. The van der Waals surface area contributed by atoms with E-state index in [0.29, 0.717) is 19.4 Å². The molecular weight excluding hydrogens is 372 g/mol. The second-order valence-corrected chi connectivity index (χ2v) is 7.98. The Kier molecular flexibility index (Phi) is 6.35. The summed E-state index contributed by atoms with van der Waals surface area (Å²) in [6.45, 7) is 3.38. The molecule has 1 aliphatic heterocycles. The third-order valence-electron chi connectivity index (χ3n) is 5.88. The van der Waals surface area contributed by atoms with E-state index in [9.17, 15) is 19.2 Å². The van der Waals surface area contributed by atoms with Gasteiger partial charge in [0.1, 0.15) is 6.04 Å². The zero-order chi connectivity index (χ0) is 21.1. The molecule has 0 unspecified atom stereocenters. The summed E-state index contributed by atoms with van der Waals surface area (Å²) in [5.74, 6) is -2.29. The van der Waals surface area contributed by atoms with Crippen molar-refractivity contribution < 1.29 is 23.9 Å². The topological polar surface area (TPSA) is 84.0 Å². The smallest absolute Gasteiger partial charge is 0.329 e. The Morgan fingerprint density at radius 2 is 1.62 bits per heavy atom. The number of hydrogen-bond acceptors (Lipinski definition) is 5. The van der Waals surface area contributed by atoms with Crippen molar-refractivity contribution in [1.29, 1.82) is 0 Å². The van der Waals surface area contributed by atoms with Gasteiger partial charge in [-0.25, -0.2) is 4.79 Å². The number of ether oxygens (including phenoxy) is 1. The minimum absolute atomic E-state index is 0.288. The maximum atomic E-state index is 12.6. The molecule has 0 bridgehead atoms. The highest BCUT2D eigenvalue weighted by Gasteiger charge is 2.51. The number of rotatable bonds is 6. The van der Waals surface area contributed by atoms with E-state index >= 15 is 0 Å². The highest BCUT2D eigenvalue weighted by molar-refractivity contribution is 6.07. The van der Waals surface area contributed by atoms with Crippen LogP contribution < -0.4 is 0 Å². The number of likely N-dealkylation sites (N-methyl/N-ethyl adjacent to an activating group) is 1. The first-order valence-corrected chi connectivity index (χ1v) is 10.2. The van der Waals surface area contributed by atoms with Gasteiger partial charge in [0.15, 0.2) is 6.10 Å². The van der Waals surface area contributed by atoms with Crippen LogP contribution in [0.25, 0.3) is 0 Å². The van der Waals surface area contributed by atoms with Crippen LogP contribution in [-0.2, 0) is 30.5 Å². The van der Waals surface area contributed by atoms with Crippen molar-refractivity contribution in [3.63, 3.8) is 0 Å². The predicted molar refractivity (Wildman–Crippen MR) is 105 cm³/mol. The fraction of sp³-hybridized carbons (Fsp3) is 0.545. The van der Waals surface area contributed by atoms with Crippen LogP contribution in [0.4, 0.5) is 0 Å². The van der Waals surface area contributed by atoms with E-state index in [1.807, 2.05) is 30.3 Å². The summed E-state index contributed by atoms with van der Waals surface area (Å²) in [5, 5.41) is 0. The van der Waals surface area contributed by atoms with Crippen molar-refractivity contribution in [2.45, 2.75) is 58.2 Å². The van der Waals surface area contributed by atoms with Gasteiger partial charge in [0.2, 0.25) is 11.8 Å². The molecule has 0 aromatic heterocycles. The third kappa shape index (κ3) is 4.33. The molecule has 29 heavy (non-hydrogen) atoms. The zero-order valence-electron chi connectivity index (χ0n) is 17.2. The number of benzene rings is 1. The molecule has 1 heterocycles. The first kappa shape index (κ1) is 21.0. The second kappa shape index (κ2) is 8.76. The van der Waals surface area contributed by atoms with E-state index < -0.39 is 18.1 Å². The van der Waals surface area contributed by atoms with E-state index in [1.54, 1.807) is 7.05 Å². The van der Waals surface area contributed by atoms with E-state index in [0.717, 1.165) is 23.3 Å². The predicted octanol–water partition coefficient (Wildman–Crippen LogP) is 2.14. The van der Waals surface area contributed by atoms with Crippen molar-refractivity contribution in [2.75, 3.05) is 7.05 Å². The highest BCUT2D eigenvalue weighted by Crippen LogP contribution is 2.38. The van der Waals surface area contributed by atoms with Gasteiger partial charge in [-0.2, -0.15) is 0 Å².